The molecule has 0 bridgehead atoms. The zero-order valence-electron chi connectivity index (χ0n) is 31.5. The fourth-order valence-electron chi connectivity index (χ4n) is 6.61. The molecule has 12 nitrogen and oxygen atoms in total. The quantitative estimate of drug-likeness (QED) is 0.150. The molecule has 4 N–H and O–H groups in total. The van der Waals surface area contributed by atoms with Crippen LogP contribution >= 0.6 is 0 Å². The number of benzene rings is 1. The van der Waals surface area contributed by atoms with Crippen LogP contribution in [0.3, 0.4) is 0 Å². The molecule has 2 heterocycles. The predicted molar refractivity (Wildman–Crippen MR) is 199 cm³/mol. The first kappa shape index (κ1) is 40.9. The molecule has 0 saturated carbocycles. The molecule has 6 atom stereocenters. The SMILES string of the molecule is CC(C)C[C@H](NC(=O)[C@H](CCc1ccccc1)NC(=O)CN1CCOCC1)C(=O)N[C@@H](CC1C=CC=CC1)C(=O)N[C@@H](CC(C)C)C(=O)[C@@]1(C)CO1. The number of amides is 4. The zero-order chi connectivity index (χ0) is 37.7. The van der Waals surface area contributed by atoms with Crippen LogP contribution in [-0.2, 0) is 39.9 Å². The summed E-state index contributed by atoms with van der Waals surface area (Å²) >= 11 is 0. The van der Waals surface area contributed by atoms with Crippen molar-refractivity contribution >= 4 is 29.4 Å². The number of hydrogen-bond acceptors (Lipinski definition) is 8. The minimum absolute atomic E-state index is 0.00762. The smallest absolute Gasteiger partial charge is 0.243 e. The van der Waals surface area contributed by atoms with Crippen molar-refractivity contribution in [1.29, 1.82) is 0 Å². The lowest BCUT2D eigenvalue weighted by molar-refractivity contribution is -0.135. The molecular formula is C40H59N5O7. The Kier molecular flexibility index (Phi) is 15.6. The van der Waals surface area contributed by atoms with Gasteiger partial charge in [-0.15, -0.1) is 0 Å². The van der Waals surface area contributed by atoms with Gasteiger partial charge in [-0.2, -0.15) is 0 Å². The predicted octanol–water partition coefficient (Wildman–Crippen LogP) is 2.86. The Labute approximate surface area is 308 Å². The molecule has 2 saturated heterocycles. The van der Waals surface area contributed by atoms with Crippen LogP contribution in [0.5, 0.6) is 0 Å². The number of epoxide rings is 1. The first-order valence-corrected chi connectivity index (χ1v) is 18.9. The number of ketones is 1. The summed E-state index contributed by atoms with van der Waals surface area (Å²) in [4.78, 5) is 70.5. The maximum absolute atomic E-state index is 14.1. The van der Waals surface area contributed by atoms with E-state index >= 15 is 0 Å². The number of hydrogen-bond donors (Lipinski definition) is 4. The summed E-state index contributed by atoms with van der Waals surface area (Å²) in [5.41, 5.74) is 0.111. The standard InChI is InChI=1S/C40H59N5O7/c1-27(2)22-32(36(47)40(5)26-52-40)42-39(50)34(24-30-14-10-7-11-15-30)44-38(49)33(23-28(3)4)43-37(48)31(17-16-29-12-8-6-9-13-29)41-35(46)25-45-18-20-51-21-19-45/h6-14,27-28,30-34H,15-26H2,1-5H3,(H,41,46)(H,42,50)(H,43,48)(H,44,49)/t30?,31-,32-,33-,34-,40+/m0/s1. The van der Waals surface area contributed by atoms with Crippen LogP contribution < -0.4 is 21.3 Å². The van der Waals surface area contributed by atoms with Gasteiger partial charge in [0.15, 0.2) is 5.78 Å². The van der Waals surface area contributed by atoms with Gasteiger partial charge in [0.2, 0.25) is 23.6 Å². The fourth-order valence-corrected chi connectivity index (χ4v) is 6.61. The normalized spacial score (nSPS) is 22.2. The number of ether oxygens (including phenoxy) is 2. The molecule has 3 aliphatic rings. The van der Waals surface area contributed by atoms with E-state index < -0.39 is 47.5 Å². The molecule has 1 unspecified atom stereocenters. The Morgan fingerprint density at radius 3 is 2.02 bits per heavy atom. The Morgan fingerprint density at radius 1 is 0.808 bits per heavy atom. The highest BCUT2D eigenvalue weighted by Gasteiger charge is 2.50. The Balaban J connectivity index is 1.50. The second kappa shape index (κ2) is 19.8. The summed E-state index contributed by atoms with van der Waals surface area (Å²) in [6.07, 6.45) is 10.5. The van der Waals surface area contributed by atoms with Crippen LogP contribution in [0.4, 0.5) is 0 Å². The van der Waals surface area contributed by atoms with Gasteiger partial charge in [0, 0.05) is 13.1 Å². The van der Waals surface area contributed by atoms with E-state index in [9.17, 15) is 24.0 Å². The van der Waals surface area contributed by atoms with E-state index in [0.29, 0.717) is 71.4 Å². The highest BCUT2D eigenvalue weighted by atomic mass is 16.6. The van der Waals surface area contributed by atoms with E-state index in [2.05, 4.69) is 21.3 Å². The van der Waals surface area contributed by atoms with Gasteiger partial charge in [-0.05, 0) is 68.8 Å². The minimum atomic E-state index is -0.966. The molecule has 1 aliphatic carbocycles. The number of nitrogens with one attached hydrogen (secondary N) is 4. The lowest BCUT2D eigenvalue weighted by atomic mass is 9.91. The third-order valence-corrected chi connectivity index (χ3v) is 9.71. The van der Waals surface area contributed by atoms with Crippen molar-refractivity contribution in [3.8, 4) is 0 Å². The van der Waals surface area contributed by atoms with Gasteiger partial charge in [-0.25, -0.2) is 0 Å². The van der Waals surface area contributed by atoms with E-state index in [0.717, 1.165) is 5.56 Å². The number of rotatable bonds is 20. The van der Waals surface area contributed by atoms with Crippen LogP contribution in [0.15, 0.2) is 54.6 Å². The molecule has 0 spiro atoms. The summed E-state index contributed by atoms with van der Waals surface area (Å²) in [5, 5.41) is 11.7. The number of allylic oxidation sites excluding steroid dienone is 4. The largest absolute Gasteiger partial charge is 0.379 e. The van der Waals surface area contributed by atoms with Crippen molar-refractivity contribution in [2.24, 2.45) is 17.8 Å². The molecule has 1 aromatic rings. The number of carbonyl (C=O) groups excluding carboxylic acids is 5. The van der Waals surface area contributed by atoms with Crippen molar-refractivity contribution in [3.63, 3.8) is 0 Å². The van der Waals surface area contributed by atoms with Crippen LogP contribution in [0.1, 0.15) is 72.3 Å². The van der Waals surface area contributed by atoms with E-state index in [4.69, 9.17) is 9.47 Å². The Bertz CT molecular complexity index is 1420. The molecule has 0 radical (unpaired) electrons. The van der Waals surface area contributed by atoms with Crippen LogP contribution in [0, 0.1) is 17.8 Å². The fraction of sp³-hybridized carbons (Fsp3) is 0.625. The highest BCUT2D eigenvalue weighted by molar-refractivity contribution is 5.98. The van der Waals surface area contributed by atoms with Crippen LogP contribution in [-0.4, -0.2) is 104 Å². The molecule has 2 fully saturated rings. The Morgan fingerprint density at radius 2 is 1.40 bits per heavy atom. The number of Topliss-reactive ketones (excluding diaryl/α,β-unsaturated/α-hetero) is 1. The molecule has 286 valence electrons. The first-order valence-electron chi connectivity index (χ1n) is 18.9. The monoisotopic (exact) mass is 721 g/mol. The van der Waals surface area contributed by atoms with Gasteiger partial charge in [0.25, 0.3) is 0 Å². The summed E-state index contributed by atoms with van der Waals surface area (Å²) in [7, 11) is 0. The van der Waals surface area contributed by atoms with Crippen molar-refractivity contribution in [3.05, 3.63) is 60.2 Å². The number of morpholine rings is 1. The van der Waals surface area contributed by atoms with Crippen molar-refractivity contribution < 1.29 is 33.4 Å². The van der Waals surface area contributed by atoms with Gasteiger partial charge < -0.3 is 30.7 Å². The van der Waals surface area contributed by atoms with Crippen LogP contribution in [0.2, 0.25) is 0 Å². The van der Waals surface area contributed by atoms with Crippen LogP contribution in [0.25, 0.3) is 0 Å². The average Bonchev–Trinajstić information content (AvgIpc) is 3.87. The van der Waals surface area contributed by atoms with Gasteiger partial charge in [-0.1, -0.05) is 82.3 Å². The third-order valence-electron chi connectivity index (χ3n) is 9.71. The molecule has 12 heteroatoms. The van der Waals surface area contributed by atoms with Crippen molar-refractivity contribution in [2.45, 2.75) is 103 Å². The summed E-state index contributed by atoms with van der Waals surface area (Å²) in [6.45, 7) is 12.4. The van der Waals surface area contributed by atoms with Gasteiger partial charge in [0.1, 0.15) is 23.7 Å². The Hall–Kier alpha value is -3.87. The maximum atomic E-state index is 14.1. The highest BCUT2D eigenvalue weighted by Crippen LogP contribution is 2.30. The number of aryl methyl sites for hydroxylation is 1. The summed E-state index contributed by atoms with van der Waals surface area (Å²) in [5.74, 6) is -1.72. The number of carbonyl (C=O) groups is 5. The summed E-state index contributed by atoms with van der Waals surface area (Å²) < 4.78 is 10.8. The van der Waals surface area contributed by atoms with E-state index in [1.165, 1.54) is 0 Å². The van der Waals surface area contributed by atoms with Crippen molar-refractivity contribution in [1.82, 2.24) is 26.2 Å². The second-order valence-corrected chi connectivity index (χ2v) is 15.4. The number of nitrogens with zero attached hydrogens (tertiary/aromatic N) is 1. The summed E-state index contributed by atoms with van der Waals surface area (Å²) in [6, 6.07) is 6.14. The molecular weight excluding hydrogens is 662 g/mol. The third kappa shape index (κ3) is 13.3. The molecule has 4 amide bonds. The zero-order valence-corrected chi connectivity index (χ0v) is 31.5. The topological polar surface area (TPSA) is 158 Å². The van der Waals surface area contributed by atoms with Crippen molar-refractivity contribution in [2.75, 3.05) is 39.5 Å². The molecule has 52 heavy (non-hydrogen) atoms. The molecule has 0 aromatic heterocycles. The minimum Gasteiger partial charge on any atom is -0.379 e. The lowest BCUT2D eigenvalue weighted by Crippen LogP contribution is -2.59. The maximum Gasteiger partial charge on any atom is 0.243 e. The van der Waals surface area contributed by atoms with E-state index in [1.807, 2.05) is 87.2 Å². The molecule has 2 aliphatic heterocycles. The van der Waals surface area contributed by atoms with E-state index in [-0.39, 0.29) is 36.0 Å². The molecule has 4 rings (SSSR count). The van der Waals surface area contributed by atoms with Gasteiger partial charge >= 0.3 is 0 Å². The average molecular weight is 722 g/mol. The van der Waals surface area contributed by atoms with Gasteiger partial charge in [-0.3, -0.25) is 28.9 Å². The van der Waals surface area contributed by atoms with Gasteiger partial charge in [0.05, 0.1) is 32.4 Å². The second-order valence-electron chi connectivity index (χ2n) is 15.4. The van der Waals surface area contributed by atoms with E-state index in [1.54, 1.807) is 6.92 Å². The first-order chi connectivity index (χ1) is 24.8. The molecule has 1 aromatic carbocycles. The lowest BCUT2D eigenvalue weighted by Gasteiger charge is -2.29.